The first-order valence-electron chi connectivity index (χ1n) is 4.57. The van der Waals surface area contributed by atoms with Gasteiger partial charge < -0.3 is 4.52 Å². The molecule has 3 nitrogen and oxygen atoms in total. The van der Waals surface area contributed by atoms with Gasteiger partial charge in [-0.3, -0.25) is 0 Å². The first-order valence-corrected chi connectivity index (χ1v) is 5.69. The molecule has 0 saturated heterocycles. The fourth-order valence-corrected chi connectivity index (χ4v) is 1.48. The van der Waals surface area contributed by atoms with Crippen molar-refractivity contribution in [2.75, 3.05) is 0 Å². The van der Waals surface area contributed by atoms with Crippen molar-refractivity contribution < 1.29 is 17.7 Å². The highest BCUT2D eigenvalue weighted by Gasteiger charge is 2.30. The van der Waals surface area contributed by atoms with Crippen LogP contribution >= 0.6 is 15.9 Å². The number of nitrogens with zero attached hydrogens (tertiary/aromatic N) is 2. The zero-order valence-electron chi connectivity index (χ0n) is 8.33. The van der Waals surface area contributed by atoms with Crippen LogP contribution in [0, 0.1) is 0 Å². The highest BCUT2D eigenvalue weighted by atomic mass is 79.9. The van der Waals surface area contributed by atoms with Crippen molar-refractivity contribution in [1.29, 1.82) is 0 Å². The molecule has 0 saturated carbocycles. The Hall–Kier alpha value is -1.37. The van der Waals surface area contributed by atoms with Crippen molar-refractivity contribution in [2.24, 2.45) is 0 Å². The molecule has 0 fully saturated rings. The van der Waals surface area contributed by atoms with E-state index in [1.807, 2.05) is 0 Å². The van der Waals surface area contributed by atoms with Crippen molar-refractivity contribution in [3.8, 4) is 11.5 Å². The van der Waals surface area contributed by atoms with Crippen molar-refractivity contribution in [3.63, 3.8) is 0 Å². The van der Waals surface area contributed by atoms with Crippen LogP contribution in [0.1, 0.15) is 11.4 Å². The highest BCUT2D eigenvalue weighted by Crippen LogP contribution is 2.31. The van der Waals surface area contributed by atoms with E-state index in [1.54, 1.807) is 0 Å². The van der Waals surface area contributed by atoms with E-state index < -0.39 is 11.7 Å². The lowest BCUT2D eigenvalue weighted by molar-refractivity contribution is -0.137. The molecular weight excluding hydrogens is 301 g/mol. The van der Waals surface area contributed by atoms with Crippen LogP contribution < -0.4 is 0 Å². The van der Waals surface area contributed by atoms with E-state index in [-0.39, 0.29) is 11.5 Å². The molecular formula is C10H6BrF3N2O. The van der Waals surface area contributed by atoms with Gasteiger partial charge in [0.25, 0.3) is 5.89 Å². The maximum atomic E-state index is 12.5. The highest BCUT2D eigenvalue weighted by molar-refractivity contribution is 9.08. The average molecular weight is 307 g/mol. The summed E-state index contributed by atoms with van der Waals surface area (Å²) in [6, 6.07) is 4.76. The number of aromatic nitrogens is 2. The Morgan fingerprint density at radius 1 is 1.29 bits per heavy atom. The standard InChI is InChI=1S/C10H6BrF3N2O/c11-5-8-15-9(17-16-8)6-2-1-3-7(4-6)10(12,13)14/h1-4H,5H2. The lowest BCUT2D eigenvalue weighted by atomic mass is 10.1. The molecule has 1 heterocycles. The van der Waals surface area contributed by atoms with E-state index in [0.29, 0.717) is 11.2 Å². The molecule has 1 aromatic heterocycles. The van der Waals surface area contributed by atoms with Crippen LogP contribution in [-0.4, -0.2) is 10.1 Å². The number of hydrogen-bond acceptors (Lipinski definition) is 3. The topological polar surface area (TPSA) is 38.9 Å². The molecule has 0 radical (unpaired) electrons. The van der Waals surface area contributed by atoms with E-state index in [0.717, 1.165) is 12.1 Å². The second kappa shape index (κ2) is 4.48. The summed E-state index contributed by atoms with van der Waals surface area (Å²) in [6.45, 7) is 0. The normalized spacial score (nSPS) is 11.8. The summed E-state index contributed by atoms with van der Waals surface area (Å²) in [4.78, 5) is 3.93. The molecule has 0 aliphatic carbocycles. The fraction of sp³-hybridized carbons (Fsp3) is 0.200. The van der Waals surface area contributed by atoms with E-state index >= 15 is 0 Å². The van der Waals surface area contributed by atoms with Gasteiger partial charge in [0.1, 0.15) is 0 Å². The minimum Gasteiger partial charge on any atom is -0.334 e. The molecule has 7 heteroatoms. The van der Waals surface area contributed by atoms with Crippen LogP contribution in [0.25, 0.3) is 11.5 Å². The number of alkyl halides is 4. The van der Waals surface area contributed by atoms with E-state index in [2.05, 4.69) is 26.1 Å². The number of rotatable bonds is 2. The van der Waals surface area contributed by atoms with Gasteiger partial charge in [-0.2, -0.15) is 18.2 Å². The van der Waals surface area contributed by atoms with Crippen LogP contribution in [-0.2, 0) is 11.5 Å². The van der Waals surface area contributed by atoms with Crippen molar-refractivity contribution in [3.05, 3.63) is 35.7 Å². The fourth-order valence-electron chi connectivity index (χ4n) is 1.25. The summed E-state index contributed by atoms with van der Waals surface area (Å²) >= 11 is 3.12. The van der Waals surface area contributed by atoms with Gasteiger partial charge in [0.2, 0.25) is 0 Å². The van der Waals surface area contributed by atoms with Gasteiger partial charge in [-0.15, -0.1) is 0 Å². The van der Waals surface area contributed by atoms with Gasteiger partial charge in [-0.1, -0.05) is 27.2 Å². The summed E-state index contributed by atoms with van der Waals surface area (Å²) in [5.41, 5.74) is -0.492. The largest absolute Gasteiger partial charge is 0.416 e. The summed E-state index contributed by atoms with van der Waals surface area (Å²) in [7, 11) is 0. The van der Waals surface area contributed by atoms with Crippen LogP contribution in [0.2, 0.25) is 0 Å². The quantitative estimate of drug-likeness (QED) is 0.795. The third kappa shape index (κ3) is 2.66. The second-order valence-electron chi connectivity index (χ2n) is 3.23. The van der Waals surface area contributed by atoms with Gasteiger partial charge in [0, 0.05) is 5.56 Å². The van der Waals surface area contributed by atoms with Gasteiger partial charge in [0.15, 0.2) is 5.82 Å². The minimum atomic E-state index is -4.38. The molecule has 0 amide bonds. The molecule has 0 atom stereocenters. The average Bonchev–Trinajstić information content (AvgIpc) is 2.76. The lowest BCUT2D eigenvalue weighted by Crippen LogP contribution is -2.04. The van der Waals surface area contributed by atoms with Crippen LogP contribution in [0.15, 0.2) is 28.8 Å². The summed E-state index contributed by atoms with van der Waals surface area (Å²) in [5, 5.41) is 3.97. The molecule has 2 rings (SSSR count). The molecule has 17 heavy (non-hydrogen) atoms. The molecule has 0 spiro atoms. The second-order valence-corrected chi connectivity index (χ2v) is 3.79. The van der Waals surface area contributed by atoms with E-state index in [9.17, 15) is 13.2 Å². The van der Waals surface area contributed by atoms with Gasteiger partial charge in [-0.25, -0.2) is 0 Å². The van der Waals surface area contributed by atoms with Crippen LogP contribution in [0.3, 0.4) is 0 Å². The molecule has 0 unspecified atom stereocenters. The molecule has 0 bridgehead atoms. The SMILES string of the molecule is FC(F)(F)c1cccc(-c2nc(CBr)no2)c1. The molecule has 0 aliphatic rings. The van der Waals surface area contributed by atoms with Crippen LogP contribution in [0.5, 0.6) is 0 Å². The number of hydrogen-bond donors (Lipinski definition) is 0. The van der Waals surface area contributed by atoms with Gasteiger partial charge in [0.05, 0.1) is 10.9 Å². The zero-order valence-corrected chi connectivity index (χ0v) is 9.92. The number of benzene rings is 1. The Morgan fingerprint density at radius 3 is 2.65 bits per heavy atom. The Kier molecular flexibility index (Phi) is 3.19. The van der Waals surface area contributed by atoms with Crippen molar-refractivity contribution in [1.82, 2.24) is 10.1 Å². The molecule has 2 aromatic rings. The third-order valence-electron chi connectivity index (χ3n) is 2.02. The Morgan fingerprint density at radius 2 is 2.06 bits per heavy atom. The zero-order chi connectivity index (χ0) is 12.5. The van der Waals surface area contributed by atoms with E-state index in [1.165, 1.54) is 12.1 Å². The molecule has 0 aliphatic heterocycles. The summed E-state index contributed by atoms with van der Waals surface area (Å²) in [6.07, 6.45) is -4.38. The van der Waals surface area contributed by atoms with Gasteiger partial charge in [-0.05, 0) is 18.2 Å². The molecule has 1 aromatic carbocycles. The van der Waals surface area contributed by atoms with Crippen molar-refractivity contribution in [2.45, 2.75) is 11.5 Å². The van der Waals surface area contributed by atoms with Gasteiger partial charge >= 0.3 is 6.18 Å². The maximum Gasteiger partial charge on any atom is 0.416 e. The predicted octanol–water partition coefficient (Wildman–Crippen LogP) is 3.65. The molecule has 0 N–H and O–H groups in total. The Balaban J connectivity index is 2.39. The van der Waals surface area contributed by atoms with Crippen molar-refractivity contribution >= 4 is 15.9 Å². The Labute approximate surface area is 103 Å². The smallest absolute Gasteiger partial charge is 0.334 e. The summed E-state index contributed by atoms with van der Waals surface area (Å²) < 4.78 is 42.3. The first-order chi connectivity index (χ1) is 8.00. The lowest BCUT2D eigenvalue weighted by Gasteiger charge is -2.06. The minimum absolute atomic E-state index is 0.0746. The maximum absolute atomic E-state index is 12.5. The number of halogens is 4. The Bertz CT molecular complexity index is 524. The van der Waals surface area contributed by atoms with E-state index in [4.69, 9.17) is 4.52 Å². The first kappa shape index (κ1) is 12.1. The predicted molar refractivity (Wildman–Crippen MR) is 57.4 cm³/mol. The van der Waals surface area contributed by atoms with Crippen LogP contribution in [0.4, 0.5) is 13.2 Å². The monoisotopic (exact) mass is 306 g/mol. The molecule has 90 valence electrons. The third-order valence-corrected chi connectivity index (χ3v) is 2.53. The summed E-state index contributed by atoms with van der Waals surface area (Å²) in [5.74, 6) is 0.461.